The maximum atomic E-state index is 12.5. The lowest BCUT2D eigenvalue weighted by Gasteiger charge is -2.36. The summed E-state index contributed by atoms with van der Waals surface area (Å²) in [5, 5.41) is 10.0. The van der Waals surface area contributed by atoms with Crippen molar-refractivity contribution in [3.8, 4) is 0 Å². The summed E-state index contributed by atoms with van der Waals surface area (Å²) in [5.74, 6) is -0.0579. The lowest BCUT2D eigenvalue weighted by atomic mass is 9.90. The lowest BCUT2D eigenvalue weighted by molar-refractivity contribution is -0.136. The fourth-order valence-corrected chi connectivity index (χ4v) is 2.90. The van der Waals surface area contributed by atoms with Gasteiger partial charge in [-0.1, -0.05) is 43.2 Å². The standard InChI is InChI=1S/C16H23NO2/c1-12(13-8-4-3-5-9-13)16(19)17(2)14-10-6-7-11-15(14)18/h3-5,8-9,12,14-15,18H,6-7,10-11H2,1-2H3. The maximum absolute atomic E-state index is 12.5. The summed E-state index contributed by atoms with van der Waals surface area (Å²) in [4.78, 5) is 14.3. The molecule has 0 aromatic heterocycles. The number of carbonyl (C=O) groups is 1. The molecule has 3 nitrogen and oxygen atoms in total. The van der Waals surface area contributed by atoms with Gasteiger partial charge in [-0.2, -0.15) is 0 Å². The molecule has 1 fully saturated rings. The van der Waals surface area contributed by atoms with E-state index in [-0.39, 0.29) is 24.0 Å². The van der Waals surface area contributed by atoms with Crippen LogP contribution in [0.3, 0.4) is 0 Å². The van der Waals surface area contributed by atoms with Gasteiger partial charge in [0, 0.05) is 7.05 Å². The number of hydrogen-bond acceptors (Lipinski definition) is 2. The Hall–Kier alpha value is -1.35. The van der Waals surface area contributed by atoms with Gasteiger partial charge in [0.2, 0.25) is 5.91 Å². The van der Waals surface area contributed by atoms with Crippen LogP contribution in [0.25, 0.3) is 0 Å². The average Bonchev–Trinajstić information content (AvgIpc) is 2.46. The van der Waals surface area contributed by atoms with Gasteiger partial charge >= 0.3 is 0 Å². The van der Waals surface area contributed by atoms with E-state index in [9.17, 15) is 9.90 Å². The zero-order valence-electron chi connectivity index (χ0n) is 11.7. The van der Waals surface area contributed by atoms with E-state index in [4.69, 9.17) is 0 Å². The second kappa shape index (κ2) is 6.20. The summed E-state index contributed by atoms with van der Waals surface area (Å²) in [7, 11) is 1.82. The van der Waals surface area contributed by atoms with Crippen LogP contribution in [0.15, 0.2) is 30.3 Å². The van der Waals surface area contributed by atoms with Crippen LogP contribution in [-0.2, 0) is 4.79 Å². The summed E-state index contributed by atoms with van der Waals surface area (Å²) in [6, 6.07) is 9.80. The molecule has 3 heteroatoms. The van der Waals surface area contributed by atoms with E-state index >= 15 is 0 Å². The summed E-state index contributed by atoms with van der Waals surface area (Å²) in [6.45, 7) is 1.93. The molecule has 0 radical (unpaired) electrons. The van der Waals surface area contributed by atoms with Crippen LogP contribution in [0.5, 0.6) is 0 Å². The van der Waals surface area contributed by atoms with Crippen molar-refractivity contribution in [2.24, 2.45) is 0 Å². The van der Waals surface area contributed by atoms with E-state index < -0.39 is 0 Å². The molecule has 1 saturated carbocycles. The first-order valence-electron chi connectivity index (χ1n) is 7.11. The highest BCUT2D eigenvalue weighted by Crippen LogP contribution is 2.25. The first kappa shape index (κ1) is 14.1. The SMILES string of the molecule is CC(C(=O)N(C)C1CCCCC1O)c1ccccc1. The first-order valence-corrected chi connectivity index (χ1v) is 7.11. The van der Waals surface area contributed by atoms with Gasteiger partial charge in [-0.25, -0.2) is 0 Å². The highest BCUT2D eigenvalue weighted by Gasteiger charge is 2.31. The molecule has 1 amide bonds. The predicted molar refractivity (Wildman–Crippen MR) is 75.9 cm³/mol. The number of carbonyl (C=O) groups excluding carboxylic acids is 1. The van der Waals surface area contributed by atoms with Crippen molar-refractivity contribution in [3.05, 3.63) is 35.9 Å². The highest BCUT2D eigenvalue weighted by molar-refractivity contribution is 5.83. The van der Waals surface area contributed by atoms with Crippen molar-refractivity contribution in [1.29, 1.82) is 0 Å². The molecule has 1 aliphatic carbocycles. The highest BCUT2D eigenvalue weighted by atomic mass is 16.3. The van der Waals surface area contributed by atoms with Crippen molar-refractivity contribution >= 4 is 5.91 Å². The second-order valence-electron chi connectivity index (χ2n) is 5.50. The first-order chi connectivity index (χ1) is 9.11. The van der Waals surface area contributed by atoms with Crippen LogP contribution in [0.1, 0.15) is 44.1 Å². The molecule has 1 N–H and O–H groups in total. The van der Waals surface area contributed by atoms with Gasteiger partial charge in [-0.05, 0) is 25.3 Å². The van der Waals surface area contributed by atoms with Crippen molar-refractivity contribution in [2.75, 3.05) is 7.05 Å². The van der Waals surface area contributed by atoms with Crippen molar-refractivity contribution in [3.63, 3.8) is 0 Å². The third kappa shape index (κ3) is 3.16. The molecule has 2 rings (SSSR count). The number of nitrogens with zero attached hydrogens (tertiary/aromatic N) is 1. The predicted octanol–water partition coefficient (Wildman–Crippen LogP) is 2.55. The van der Waals surface area contributed by atoms with Gasteiger partial charge in [0.25, 0.3) is 0 Å². The summed E-state index contributed by atoms with van der Waals surface area (Å²) in [5.41, 5.74) is 1.03. The Labute approximate surface area is 115 Å². The van der Waals surface area contributed by atoms with Crippen LogP contribution in [0, 0.1) is 0 Å². The van der Waals surface area contributed by atoms with E-state index in [1.165, 1.54) is 0 Å². The molecule has 1 aromatic rings. The Morgan fingerprint density at radius 2 is 1.89 bits per heavy atom. The zero-order valence-corrected chi connectivity index (χ0v) is 11.7. The Balaban J connectivity index is 2.06. The Kier molecular flexibility index (Phi) is 4.59. The normalized spacial score (nSPS) is 24.8. The van der Waals surface area contributed by atoms with Gasteiger partial charge in [-0.3, -0.25) is 4.79 Å². The summed E-state index contributed by atoms with van der Waals surface area (Å²) in [6.07, 6.45) is 3.51. The molecule has 0 aliphatic heterocycles. The fraction of sp³-hybridized carbons (Fsp3) is 0.562. The lowest BCUT2D eigenvalue weighted by Crippen LogP contribution is -2.47. The van der Waals surface area contributed by atoms with Crippen LogP contribution in [0.4, 0.5) is 0 Å². The number of rotatable bonds is 3. The molecule has 3 atom stereocenters. The Bertz CT molecular complexity index is 418. The third-order valence-corrected chi connectivity index (χ3v) is 4.21. The number of aliphatic hydroxyl groups excluding tert-OH is 1. The molecule has 3 unspecified atom stereocenters. The minimum atomic E-state index is -0.370. The van der Waals surface area contributed by atoms with Crippen LogP contribution < -0.4 is 0 Å². The quantitative estimate of drug-likeness (QED) is 0.908. The zero-order chi connectivity index (χ0) is 13.8. The van der Waals surface area contributed by atoms with Crippen LogP contribution >= 0.6 is 0 Å². The number of aliphatic hydroxyl groups is 1. The Morgan fingerprint density at radius 3 is 2.53 bits per heavy atom. The molecule has 0 bridgehead atoms. The topological polar surface area (TPSA) is 40.5 Å². The molecular formula is C16H23NO2. The number of amides is 1. The summed E-state index contributed by atoms with van der Waals surface area (Å²) < 4.78 is 0. The van der Waals surface area contributed by atoms with E-state index in [1.807, 2.05) is 44.3 Å². The maximum Gasteiger partial charge on any atom is 0.229 e. The molecule has 1 aromatic carbocycles. The van der Waals surface area contributed by atoms with E-state index in [2.05, 4.69) is 0 Å². The fourth-order valence-electron chi connectivity index (χ4n) is 2.90. The molecule has 0 spiro atoms. The molecule has 0 heterocycles. The number of likely N-dealkylation sites (N-methyl/N-ethyl adjacent to an activating group) is 1. The molecule has 104 valence electrons. The van der Waals surface area contributed by atoms with Gasteiger partial charge in [0.15, 0.2) is 0 Å². The minimum absolute atomic E-state index is 0.0209. The Morgan fingerprint density at radius 1 is 1.26 bits per heavy atom. The van der Waals surface area contributed by atoms with E-state index in [0.29, 0.717) is 0 Å². The van der Waals surface area contributed by atoms with Gasteiger partial charge in [0.05, 0.1) is 18.1 Å². The van der Waals surface area contributed by atoms with Crippen LogP contribution in [0.2, 0.25) is 0 Å². The molecule has 0 saturated heterocycles. The largest absolute Gasteiger partial charge is 0.391 e. The third-order valence-electron chi connectivity index (χ3n) is 4.21. The van der Waals surface area contributed by atoms with Crippen LogP contribution in [-0.4, -0.2) is 35.1 Å². The van der Waals surface area contributed by atoms with Crippen molar-refractivity contribution < 1.29 is 9.90 Å². The van der Waals surface area contributed by atoms with Crippen molar-refractivity contribution in [2.45, 2.75) is 50.7 Å². The molecule has 19 heavy (non-hydrogen) atoms. The molecular weight excluding hydrogens is 238 g/mol. The summed E-state index contributed by atoms with van der Waals surface area (Å²) >= 11 is 0. The van der Waals surface area contributed by atoms with E-state index in [1.54, 1.807) is 4.90 Å². The van der Waals surface area contributed by atoms with Crippen molar-refractivity contribution in [1.82, 2.24) is 4.90 Å². The monoisotopic (exact) mass is 261 g/mol. The second-order valence-corrected chi connectivity index (χ2v) is 5.50. The molecule has 1 aliphatic rings. The van der Waals surface area contributed by atoms with Gasteiger partial charge in [0.1, 0.15) is 0 Å². The number of benzene rings is 1. The smallest absolute Gasteiger partial charge is 0.229 e. The average molecular weight is 261 g/mol. The van der Waals surface area contributed by atoms with E-state index in [0.717, 1.165) is 31.2 Å². The minimum Gasteiger partial charge on any atom is -0.391 e. The number of hydrogen-bond donors (Lipinski definition) is 1. The van der Waals surface area contributed by atoms with Gasteiger partial charge in [-0.15, -0.1) is 0 Å². The van der Waals surface area contributed by atoms with Gasteiger partial charge < -0.3 is 10.0 Å².